The second-order valence-corrected chi connectivity index (χ2v) is 17.6. The molecule has 68 heavy (non-hydrogen) atoms. The van der Waals surface area contributed by atoms with Gasteiger partial charge in [-0.05, 0) is 126 Å². The average Bonchev–Trinajstić information content (AvgIpc) is 3.76. The third-order valence-corrected chi connectivity index (χ3v) is 13.8. The molecule has 13 aromatic rings. The Bertz CT molecular complexity index is 4010. The van der Waals surface area contributed by atoms with Crippen LogP contribution in [0.5, 0.6) is 0 Å². The number of benzene rings is 12. The molecule has 2 heteroatoms. The molecule has 0 spiro atoms. The molecular weight excluding hydrogens is 821 g/mol. The van der Waals surface area contributed by atoms with Crippen molar-refractivity contribution in [3.05, 3.63) is 267 Å². The van der Waals surface area contributed by atoms with Crippen molar-refractivity contribution in [3.63, 3.8) is 0 Å². The van der Waals surface area contributed by atoms with Crippen LogP contribution in [0.3, 0.4) is 0 Å². The van der Waals surface area contributed by atoms with Gasteiger partial charge in [-0.1, -0.05) is 212 Å². The number of anilines is 3. The minimum atomic E-state index is 1.07. The molecule has 0 aliphatic rings. The predicted octanol–water partition coefficient (Wildman–Crippen LogP) is 18.4. The van der Waals surface area contributed by atoms with E-state index in [1.807, 2.05) is 0 Å². The maximum atomic E-state index is 2.45. The first-order valence-corrected chi connectivity index (χ1v) is 23.4. The number of hydrogen-bond donors (Lipinski definition) is 0. The highest BCUT2D eigenvalue weighted by atomic mass is 15.1. The van der Waals surface area contributed by atoms with E-state index in [1.165, 1.54) is 93.1 Å². The summed E-state index contributed by atoms with van der Waals surface area (Å²) in [6, 6.07) is 97.5. The summed E-state index contributed by atoms with van der Waals surface area (Å²) >= 11 is 0. The molecule has 1 heterocycles. The van der Waals surface area contributed by atoms with E-state index >= 15 is 0 Å². The highest BCUT2D eigenvalue weighted by Crippen LogP contribution is 2.47. The van der Waals surface area contributed by atoms with Gasteiger partial charge in [0.1, 0.15) is 0 Å². The van der Waals surface area contributed by atoms with Crippen molar-refractivity contribution >= 4 is 71.2 Å². The monoisotopic (exact) mass is 864 g/mol. The molecule has 0 N–H and O–H groups in total. The van der Waals surface area contributed by atoms with E-state index in [4.69, 9.17) is 0 Å². The summed E-state index contributed by atoms with van der Waals surface area (Å²) in [4.78, 5) is 2.45. The van der Waals surface area contributed by atoms with Crippen LogP contribution in [0.15, 0.2) is 267 Å². The number of aromatic nitrogens is 1. The van der Waals surface area contributed by atoms with E-state index in [2.05, 4.69) is 276 Å². The van der Waals surface area contributed by atoms with Crippen LogP contribution in [-0.4, -0.2) is 4.57 Å². The Hall–Kier alpha value is -8.98. The Balaban J connectivity index is 1.01. The summed E-state index contributed by atoms with van der Waals surface area (Å²) in [5.74, 6) is 0. The van der Waals surface area contributed by atoms with E-state index in [0.717, 1.165) is 28.3 Å². The Morgan fingerprint density at radius 1 is 0.265 bits per heavy atom. The second kappa shape index (κ2) is 16.5. The molecule has 0 amide bonds. The molecule has 0 saturated carbocycles. The first kappa shape index (κ1) is 39.4. The predicted molar refractivity (Wildman–Crippen MR) is 290 cm³/mol. The highest BCUT2D eigenvalue weighted by molar-refractivity contribution is 6.16. The van der Waals surface area contributed by atoms with E-state index in [9.17, 15) is 0 Å². The topological polar surface area (TPSA) is 8.17 Å². The Labute approximate surface area is 395 Å². The fourth-order valence-corrected chi connectivity index (χ4v) is 10.8. The summed E-state index contributed by atoms with van der Waals surface area (Å²) in [5.41, 5.74) is 16.3. The van der Waals surface area contributed by atoms with Crippen LogP contribution in [0.2, 0.25) is 0 Å². The first-order valence-electron chi connectivity index (χ1n) is 23.4. The fraction of sp³-hybridized carbons (Fsp3) is 0. The van der Waals surface area contributed by atoms with Gasteiger partial charge in [0.05, 0.1) is 16.7 Å². The maximum absolute atomic E-state index is 2.45. The van der Waals surface area contributed by atoms with Crippen LogP contribution in [0.25, 0.3) is 104 Å². The first-order chi connectivity index (χ1) is 33.8. The van der Waals surface area contributed by atoms with Crippen LogP contribution < -0.4 is 4.90 Å². The average molecular weight is 865 g/mol. The third kappa shape index (κ3) is 6.57. The largest absolute Gasteiger partial charge is 0.310 e. The van der Waals surface area contributed by atoms with E-state index < -0.39 is 0 Å². The second-order valence-electron chi connectivity index (χ2n) is 17.6. The molecular formula is C66H44N2. The minimum Gasteiger partial charge on any atom is -0.310 e. The number of fused-ring (bicyclic) bond motifs is 7. The highest BCUT2D eigenvalue weighted by Gasteiger charge is 2.22. The molecule has 318 valence electrons. The van der Waals surface area contributed by atoms with Gasteiger partial charge >= 0.3 is 0 Å². The van der Waals surface area contributed by atoms with Gasteiger partial charge in [-0.25, -0.2) is 0 Å². The molecule has 0 bridgehead atoms. The molecule has 12 aromatic carbocycles. The lowest BCUT2D eigenvalue weighted by Gasteiger charge is -2.29. The van der Waals surface area contributed by atoms with Crippen molar-refractivity contribution < 1.29 is 0 Å². The van der Waals surface area contributed by atoms with Gasteiger partial charge in [-0.3, -0.25) is 0 Å². The van der Waals surface area contributed by atoms with Crippen LogP contribution in [0.1, 0.15) is 0 Å². The van der Waals surface area contributed by atoms with Crippen LogP contribution in [-0.2, 0) is 0 Å². The lowest BCUT2D eigenvalue weighted by atomic mass is 9.90. The SMILES string of the molecule is c1ccc(-c2cccc3cccc(-c4ccccc4N(c4ccc(-c5cccc6c5c5ccccc5n6-c5ccccc5)cc4)c4cccc(-c5cccc6c5ccc5ccccc56)c4)c23)cc1. The van der Waals surface area contributed by atoms with E-state index in [-0.39, 0.29) is 0 Å². The summed E-state index contributed by atoms with van der Waals surface area (Å²) in [5, 5.41) is 9.96. The lowest BCUT2D eigenvalue weighted by Crippen LogP contribution is -2.11. The zero-order valence-electron chi connectivity index (χ0n) is 37.3. The van der Waals surface area contributed by atoms with Gasteiger partial charge in [0.25, 0.3) is 0 Å². The Morgan fingerprint density at radius 3 is 1.66 bits per heavy atom. The molecule has 0 saturated heterocycles. The number of nitrogens with zero attached hydrogens (tertiary/aromatic N) is 2. The number of rotatable bonds is 8. The summed E-state index contributed by atoms with van der Waals surface area (Å²) in [6.07, 6.45) is 0. The molecule has 0 radical (unpaired) electrons. The number of hydrogen-bond acceptors (Lipinski definition) is 1. The quantitative estimate of drug-likeness (QED) is 0.138. The van der Waals surface area contributed by atoms with Crippen molar-refractivity contribution in [3.8, 4) is 50.2 Å². The van der Waals surface area contributed by atoms with Crippen LogP contribution in [0.4, 0.5) is 17.1 Å². The zero-order chi connectivity index (χ0) is 45.0. The van der Waals surface area contributed by atoms with Gasteiger partial charge in [0, 0.05) is 33.4 Å². The number of para-hydroxylation sites is 3. The fourth-order valence-electron chi connectivity index (χ4n) is 10.8. The Morgan fingerprint density at radius 2 is 0.824 bits per heavy atom. The molecule has 0 fully saturated rings. The molecule has 0 aliphatic carbocycles. The van der Waals surface area contributed by atoms with Gasteiger partial charge in [-0.2, -0.15) is 0 Å². The molecule has 0 atom stereocenters. The van der Waals surface area contributed by atoms with Crippen molar-refractivity contribution in [2.75, 3.05) is 4.90 Å². The van der Waals surface area contributed by atoms with Gasteiger partial charge in [0.2, 0.25) is 0 Å². The summed E-state index contributed by atoms with van der Waals surface area (Å²) < 4.78 is 2.39. The van der Waals surface area contributed by atoms with Crippen LogP contribution in [0, 0.1) is 0 Å². The van der Waals surface area contributed by atoms with E-state index in [0.29, 0.717) is 0 Å². The van der Waals surface area contributed by atoms with Gasteiger partial charge < -0.3 is 9.47 Å². The molecule has 1 aromatic heterocycles. The van der Waals surface area contributed by atoms with E-state index in [1.54, 1.807) is 0 Å². The maximum Gasteiger partial charge on any atom is 0.0547 e. The van der Waals surface area contributed by atoms with Crippen LogP contribution >= 0.6 is 0 Å². The molecule has 0 unspecified atom stereocenters. The smallest absolute Gasteiger partial charge is 0.0547 e. The summed E-state index contributed by atoms with van der Waals surface area (Å²) in [7, 11) is 0. The standard InChI is InChI=1S/C66H44N2/c1-3-18-45(19-4-1)55-31-14-21-48-22-15-34-60(65(48)55)59-28-9-11-35-62(59)67(52-26-13-23-49(44-52)54-30-16-33-57-53-27-8-7-20-46(53)40-43-58(54)57)51-41-38-47(39-42-51)56-32-17-37-64-66(56)61-29-10-12-36-63(61)68(64)50-24-5-2-6-25-50/h1-44H. The zero-order valence-corrected chi connectivity index (χ0v) is 37.3. The van der Waals surface area contributed by atoms with Crippen molar-refractivity contribution in [1.29, 1.82) is 0 Å². The minimum absolute atomic E-state index is 1.07. The van der Waals surface area contributed by atoms with Crippen molar-refractivity contribution in [2.24, 2.45) is 0 Å². The normalized spacial score (nSPS) is 11.5. The lowest BCUT2D eigenvalue weighted by molar-refractivity contribution is 1.18. The van der Waals surface area contributed by atoms with Gasteiger partial charge in [0.15, 0.2) is 0 Å². The van der Waals surface area contributed by atoms with Gasteiger partial charge in [-0.15, -0.1) is 0 Å². The van der Waals surface area contributed by atoms with Crippen molar-refractivity contribution in [1.82, 2.24) is 4.57 Å². The molecule has 13 rings (SSSR count). The van der Waals surface area contributed by atoms with Crippen molar-refractivity contribution in [2.45, 2.75) is 0 Å². The Kier molecular flexibility index (Phi) is 9.54. The summed E-state index contributed by atoms with van der Waals surface area (Å²) in [6.45, 7) is 0. The third-order valence-electron chi connectivity index (χ3n) is 13.8. The molecule has 2 nitrogen and oxygen atoms in total. The molecule has 0 aliphatic heterocycles.